The van der Waals surface area contributed by atoms with Crippen molar-refractivity contribution in [2.75, 3.05) is 20.3 Å². The first-order valence-electron chi connectivity index (χ1n) is 6.03. The molecule has 0 saturated carbocycles. The Morgan fingerprint density at radius 3 is 2.71 bits per heavy atom. The Morgan fingerprint density at radius 2 is 2.18 bits per heavy atom. The van der Waals surface area contributed by atoms with Gasteiger partial charge in [-0.05, 0) is 44.0 Å². The monoisotopic (exact) mass is 235 g/mol. The molecule has 1 saturated heterocycles. The van der Waals surface area contributed by atoms with E-state index < -0.39 is 0 Å². The van der Waals surface area contributed by atoms with E-state index in [1.807, 2.05) is 6.07 Å². The molecule has 0 bridgehead atoms. The molecule has 17 heavy (non-hydrogen) atoms. The van der Waals surface area contributed by atoms with E-state index >= 15 is 0 Å². The van der Waals surface area contributed by atoms with Gasteiger partial charge in [0.05, 0.1) is 19.8 Å². The summed E-state index contributed by atoms with van der Waals surface area (Å²) in [6, 6.07) is 6.23. The van der Waals surface area contributed by atoms with Crippen molar-refractivity contribution in [3.8, 4) is 5.75 Å². The lowest BCUT2D eigenvalue weighted by atomic mass is 10.0. The van der Waals surface area contributed by atoms with Gasteiger partial charge in [-0.3, -0.25) is 0 Å². The zero-order valence-corrected chi connectivity index (χ0v) is 11.0. The first kappa shape index (κ1) is 12.4. The number of hydrogen-bond acceptors (Lipinski definition) is 3. The van der Waals surface area contributed by atoms with E-state index in [9.17, 15) is 0 Å². The van der Waals surface area contributed by atoms with Crippen molar-refractivity contribution >= 4 is 0 Å². The van der Waals surface area contributed by atoms with E-state index in [1.54, 1.807) is 7.11 Å². The van der Waals surface area contributed by atoms with Crippen molar-refractivity contribution < 1.29 is 9.47 Å². The first-order chi connectivity index (χ1) is 8.02. The lowest BCUT2D eigenvalue weighted by Crippen LogP contribution is -2.50. The summed E-state index contributed by atoms with van der Waals surface area (Å²) in [6.07, 6.45) is 0.146. The van der Waals surface area contributed by atoms with Gasteiger partial charge in [-0.25, -0.2) is 0 Å². The summed E-state index contributed by atoms with van der Waals surface area (Å²) in [4.78, 5) is 0. The number of nitrogens with one attached hydrogen (secondary N) is 1. The van der Waals surface area contributed by atoms with Crippen molar-refractivity contribution in [1.82, 2.24) is 5.32 Å². The second-order valence-electron chi connectivity index (χ2n) is 5.29. The lowest BCUT2D eigenvalue weighted by Gasteiger charge is -2.36. The molecule has 1 aliphatic rings. The minimum atomic E-state index is 0.0814. The molecule has 1 aromatic carbocycles. The second kappa shape index (κ2) is 4.67. The number of rotatable bonds is 2. The van der Waals surface area contributed by atoms with Crippen molar-refractivity contribution in [2.24, 2.45) is 0 Å². The third-order valence-electron chi connectivity index (χ3n) is 3.20. The summed E-state index contributed by atoms with van der Waals surface area (Å²) in [7, 11) is 1.70. The van der Waals surface area contributed by atoms with Crippen LogP contribution in [0.3, 0.4) is 0 Å². The highest BCUT2D eigenvalue weighted by atomic mass is 16.5. The zero-order chi connectivity index (χ0) is 12.5. The summed E-state index contributed by atoms with van der Waals surface area (Å²) < 4.78 is 11.2. The van der Waals surface area contributed by atoms with E-state index in [4.69, 9.17) is 9.47 Å². The van der Waals surface area contributed by atoms with Gasteiger partial charge < -0.3 is 14.8 Å². The summed E-state index contributed by atoms with van der Waals surface area (Å²) in [5.41, 5.74) is 2.45. The molecule has 1 N–H and O–H groups in total. The summed E-state index contributed by atoms with van der Waals surface area (Å²) >= 11 is 0. The van der Waals surface area contributed by atoms with E-state index in [1.165, 1.54) is 5.56 Å². The predicted molar refractivity (Wildman–Crippen MR) is 68.5 cm³/mol. The van der Waals surface area contributed by atoms with Crippen LogP contribution in [0.2, 0.25) is 0 Å². The highest BCUT2D eigenvalue weighted by Gasteiger charge is 2.27. The lowest BCUT2D eigenvalue weighted by molar-refractivity contribution is -0.0229. The summed E-state index contributed by atoms with van der Waals surface area (Å²) in [5.74, 6) is 0.929. The molecule has 94 valence electrons. The van der Waals surface area contributed by atoms with Gasteiger partial charge in [-0.2, -0.15) is 0 Å². The van der Waals surface area contributed by atoms with Crippen LogP contribution in [0.15, 0.2) is 18.2 Å². The molecule has 1 atom stereocenters. The molecule has 3 heteroatoms. The molecule has 1 fully saturated rings. The molecule has 1 heterocycles. The topological polar surface area (TPSA) is 30.5 Å². The maximum atomic E-state index is 5.90. The molecular weight excluding hydrogens is 214 g/mol. The molecule has 0 aliphatic carbocycles. The van der Waals surface area contributed by atoms with Crippen LogP contribution < -0.4 is 10.1 Å². The largest absolute Gasteiger partial charge is 0.496 e. The fourth-order valence-corrected chi connectivity index (χ4v) is 2.10. The number of aryl methyl sites for hydroxylation is 1. The van der Waals surface area contributed by atoms with Gasteiger partial charge in [0.2, 0.25) is 0 Å². The molecule has 1 aliphatic heterocycles. The van der Waals surface area contributed by atoms with Crippen molar-refractivity contribution in [3.63, 3.8) is 0 Å². The van der Waals surface area contributed by atoms with E-state index in [0.29, 0.717) is 0 Å². The Balaban J connectivity index is 2.11. The van der Waals surface area contributed by atoms with Crippen LogP contribution in [-0.2, 0) is 4.74 Å². The fourth-order valence-electron chi connectivity index (χ4n) is 2.10. The van der Waals surface area contributed by atoms with Crippen LogP contribution in [-0.4, -0.2) is 25.8 Å². The fraction of sp³-hybridized carbons (Fsp3) is 0.571. The molecular formula is C14H21NO2. The van der Waals surface area contributed by atoms with Crippen LogP contribution in [0, 0.1) is 6.92 Å². The average molecular weight is 235 g/mol. The number of methoxy groups -OCH3 is 1. The van der Waals surface area contributed by atoms with Gasteiger partial charge in [-0.15, -0.1) is 0 Å². The minimum absolute atomic E-state index is 0.0814. The number of ether oxygens (including phenoxy) is 2. The Morgan fingerprint density at radius 1 is 1.41 bits per heavy atom. The van der Waals surface area contributed by atoms with E-state index in [0.717, 1.165) is 24.5 Å². The molecule has 0 spiro atoms. The Kier molecular flexibility index (Phi) is 3.40. The summed E-state index contributed by atoms with van der Waals surface area (Å²) in [6.45, 7) is 7.97. The molecule has 3 nitrogen and oxygen atoms in total. The molecule has 1 aromatic rings. The van der Waals surface area contributed by atoms with Gasteiger partial charge in [0, 0.05) is 12.1 Å². The maximum Gasteiger partial charge on any atom is 0.121 e. The highest BCUT2D eigenvalue weighted by molar-refractivity contribution is 5.37. The Labute approximate surface area is 103 Å². The molecule has 1 unspecified atom stereocenters. The standard InChI is InChI=1S/C14H21NO2/c1-10-7-11(5-6-12(10)16-4)13-8-15-14(2,3)9-17-13/h5-7,13,15H,8-9H2,1-4H3. The number of morpholine rings is 1. The summed E-state index contributed by atoms with van der Waals surface area (Å²) in [5, 5.41) is 3.50. The molecule has 0 radical (unpaired) electrons. The van der Waals surface area contributed by atoms with Gasteiger partial charge in [0.15, 0.2) is 0 Å². The van der Waals surface area contributed by atoms with Crippen molar-refractivity contribution in [2.45, 2.75) is 32.4 Å². The zero-order valence-electron chi connectivity index (χ0n) is 11.0. The first-order valence-corrected chi connectivity index (χ1v) is 6.03. The average Bonchev–Trinajstić information content (AvgIpc) is 2.29. The minimum Gasteiger partial charge on any atom is -0.496 e. The smallest absolute Gasteiger partial charge is 0.121 e. The van der Waals surface area contributed by atoms with Crippen molar-refractivity contribution in [1.29, 1.82) is 0 Å². The highest BCUT2D eigenvalue weighted by Crippen LogP contribution is 2.27. The van der Waals surface area contributed by atoms with Gasteiger partial charge >= 0.3 is 0 Å². The van der Waals surface area contributed by atoms with E-state index in [-0.39, 0.29) is 11.6 Å². The Bertz CT molecular complexity index is 391. The molecule has 0 aromatic heterocycles. The van der Waals surface area contributed by atoms with Gasteiger partial charge in [0.25, 0.3) is 0 Å². The van der Waals surface area contributed by atoms with Gasteiger partial charge in [0.1, 0.15) is 5.75 Å². The molecule has 0 amide bonds. The quantitative estimate of drug-likeness (QED) is 0.854. The normalized spacial score (nSPS) is 23.4. The number of benzene rings is 1. The third-order valence-corrected chi connectivity index (χ3v) is 3.20. The number of hydrogen-bond donors (Lipinski definition) is 1. The van der Waals surface area contributed by atoms with Gasteiger partial charge in [-0.1, -0.05) is 6.07 Å². The molecule has 2 rings (SSSR count). The maximum absolute atomic E-state index is 5.90. The SMILES string of the molecule is COc1ccc(C2CNC(C)(C)CO2)cc1C. The van der Waals surface area contributed by atoms with Crippen LogP contribution in [0.1, 0.15) is 31.1 Å². The van der Waals surface area contributed by atoms with Crippen LogP contribution in [0.25, 0.3) is 0 Å². The van der Waals surface area contributed by atoms with E-state index in [2.05, 4.69) is 38.2 Å². The Hall–Kier alpha value is -1.06. The third kappa shape index (κ3) is 2.79. The van der Waals surface area contributed by atoms with Crippen LogP contribution >= 0.6 is 0 Å². The van der Waals surface area contributed by atoms with Crippen LogP contribution in [0.5, 0.6) is 5.75 Å². The second-order valence-corrected chi connectivity index (χ2v) is 5.29. The van der Waals surface area contributed by atoms with Crippen LogP contribution in [0.4, 0.5) is 0 Å². The predicted octanol–water partition coefficient (Wildman–Crippen LogP) is 2.44. The van der Waals surface area contributed by atoms with Crippen molar-refractivity contribution in [3.05, 3.63) is 29.3 Å².